The summed E-state index contributed by atoms with van der Waals surface area (Å²) in [6, 6.07) is 16.0. The van der Waals surface area contributed by atoms with Crippen molar-refractivity contribution < 1.29 is 13.7 Å². The maximum absolute atomic E-state index is 13.8. The SMILES string of the molecule is O=C(Cc1cc(-c2ccccc2F)on1)NCCc1c[nH]c2ccccc12. The molecule has 27 heavy (non-hydrogen) atoms. The predicted octanol–water partition coefficient (Wildman–Crippen LogP) is 3.86. The Hall–Kier alpha value is -3.41. The largest absolute Gasteiger partial charge is 0.361 e. The Bertz CT molecular complexity index is 1080. The van der Waals surface area contributed by atoms with Crippen molar-refractivity contribution in [3.63, 3.8) is 0 Å². The van der Waals surface area contributed by atoms with Crippen molar-refractivity contribution in [3.05, 3.63) is 77.9 Å². The number of para-hydroxylation sites is 1. The number of amides is 1. The van der Waals surface area contributed by atoms with E-state index in [1.807, 2.05) is 24.4 Å². The summed E-state index contributed by atoms with van der Waals surface area (Å²) in [6.45, 7) is 0.526. The first kappa shape index (κ1) is 17.0. The molecule has 0 spiro atoms. The third-order valence-corrected chi connectivity index (χ3v) is 4.43. The number of hydrogen-bond donors (Lipinski definition) is 2. The summed E-state index contributed by atoms with van der Waals surface area (Å²) < 4.78 is 19.0. The number of carbonyl (C=O) groups is 1. The van der Waals surface area contributed by atoms with Gasteiger partial charge in [-0.2, -0.15) is 0 Å². The van der Waals surface area contributed by atoms with Gasteiger partial charge in [0.15, 0.2) is 5.76 Å². The Morgan fingerprint density at radius 2 is 1.96 bits per heavy atom. The van der Waals surface area contributed by atoms with Crippen molar-refractivity contribution >= 4 is 16.8 Å². The molecule has 0 radical (unpaired) electrons. The highest BCUT2D eigenvalue weighted by atomic mass is 19.1. The first-order valence-corrected chi connectivity index (χ1v) is 8.73. The van der Waals surface area contributed by atoms with Gasteiger partial charge in [0.05, 0.1) is 17.7 Å². The molecule has 0 fully saturated rings. The molecule has 1 amide bonds. The fourth-order valence-corrected chi connectivity index (χ4v) is 3.09. The molecule has 2 N–H and O–H groups in total. The number of nitrogens with zero attached hydrogens (tertiary/aromatic N) is 1. The summed E-state index contributed by atoms with van der Waals surface area (Å²) >= 11 is 0. The minimum Gasteiger partial charge on any atom is -0.361 e. The van der Waals surface area contributed by atoms with E-state index < -0.39 is 0 Å². The van der Waals surface area contributed by atoms with Crippen LogP contribution in [0.3, 0.4) is 0 Å². The van der Waals surface area contributed by atoms with Crippen LogP contribution in [0.2, 0.25) is 0 Å². The summed E-state index contributed by atoms with van der Waals surface area (Å²) in [7, 11) is 0. The number of aromatic nitrogens is 2. The zero-order valence-electron chi connectivity index (χ0n) is 14.5. The van der Waals surface area contributed by atoms with Crippen LogP contribution >= 0.6 is 0 Å². The molecule has 0 aliphatic heterocycles. The lowest BCUT2D eigenvalue weighted by Crippen LogP contribution is -2.27. The number of fused-ring (bicyclic) bond motifs is 1. The molecule has 0 saturated carbocycles. The Balaban J connectivity index is 1.33. The summed E-state index contributed by atoms with van der Waals surface area (Å²) in [6.07, 6.45) is 2.79. The molecule has 2 aromatic carbocycles. The van der Waals surface area contributed by atoms with Crippen LogP contribution in [0, 0.1) is 5.82 Å². The maximum atomic E-state index is 13.8. The van der Waals surface area contributed by atoms with Crippen LogP contribution in [0.25, 0.3) is 22.2 Å². The summed E-state index contributed by atoms with van der Waals surface area (Å²) in [4.78, 5) is 15.4. The maximum Gasteiger partial charge on any atom is 0.226 e. The Labute approximate surface area is 155 Å². The van der Waals surface area contributed by atoms with Gasteiger partial charge >= 0.3 is 0 Å². The minimum absolute atomic E-state index is 0.0891. The second kappa shape index (κ2) is 7.45. The van der Waals surface area contributed by atoms with E-state index in [0.717, 1.165) is 22.9 Å². The van der Waals surface area contributed by atoms with Crippen molar-refractivity contribution in [2.75, 3.05) is 6.54 Å². The van der Waals surface area contributed by atoms with E-state index in [0.29, 0.717) is 23.6 Å². The number of halogens is 1. The van der Waals surface area contributed by atoms with E-state index in [1.165, 1.54) is 6.07 Å². The third-order valence-electron chi connectivity index (χ3n) is 4.43. The van der Waals surface area contributed by atoms with Gasteiger partial charge in [-0.25, -0.2) is 4.39 Å². The minimum atomic E-state index is -0.386. The standard InChI is InChI=1S/C21H18FN3O2/c22-18-7-3-1-6-17(18)20-11-15(25-27-20)12-21(26)23-10-9-14-13-24-19-8-4-2-5-16(14)19/h1-8,11,13,24H,9-10,12H2,(H,23,26). The van der Waals surface area contributed by atoms with Crippen LogP contribution in [0.5, 0.6) is 0 Å². The Kier molecular flexibility index (Phi) is 4.70. The molecule has 2 heterocycles. The van der Waals surface area contributed by atoms with Crippen LogP contribution in [-0.2, 0) is 17.6 Å². The summed E-state index contributed by atoms with van der Waals surface area (Å²) in [5.41, 5.74) is 3.05. The zero-order valence-corrected chi connectivity index (χ0v) is 14.5. The third kappa shape index (κ3) is 3.74. The average Bonchev–Trinajstić information content (AvgIpc) is 3.30. The van der Waals surface area contributed by atoms with Gasteiger partial charge in [0.1, 0.15) is 5.82 Å². The number of benzene rings is 2. The van der Waals surface area contributed by atoms with Crippen molar-refractivity contribution in [2.45, 2.75) is 12.8 Å². The van der Waals surface area contributed by atoms with E-state index in [1.54, 1.807) is 24.3 Å². The van der Waals surface area contributed by atoms with E-state index in [2.05, 4.69) is 21.5 Å². The quantitative estimate of drug-likeness (QED) is 0.546. The lowest BCUT2D eigenvalue weighted by Gasteiger charge is -2.03. The van der Waals surface area contributed by atoms with Gasteiger partial charge in [0, 0.05) is 29.7 Å². The van der Waals surface area contributed by atoms with Crippen LogP contribution in [0.1, 0.15) is 11.3 Å². The first-order chi connectivity index (χ1) is 13.2. The zero-order chi connectivity index (χ0) is 18.6. The van der Waals surface area contributed by atoms with Crippen molar-refractivity contribution in [3.8, 4) is 11.3 Å². The van der Waals surface area contributed by atoms with E-state index in [4.69, 9.17) is 4.52 Å². The van der Waals surface area contributed by atoms with E-state index >= 15 is 0 Å². The molecule has 0 aliphatic carbocycles. The molecule has 6 heteroatoms. The fourth-order valence-electron chi connectivity index (χ4n) is 3.09. The normalized spacial score (nSPS) is 11.0. The van der Waals surface area contributed by atoms with Crippen molar-refractivity contribution in [1.29, 1.82) is 0 Å². The number of carbonyl (C=O) groups excluding carboxylic acids is 1. The van der Waals surface area contributed by atoms with Crippen LogP contribution < -0.4 is 5.32 Å². The predicted molar refractivity (Wildman–Crippen MR) is 101 cm³/mol. The summed E-state index contributed by atoms with van der Waals surface area (Å²) in [5.74, 6) is -0.221. The first-order valence-electron chi connectivity index (χ1n) is 8.73. The van der Waals surface area contributed by atoms with Gasteiger partial charge in [-0.15, -0.1) is 0 Å². The lowest BCUT2D eigenvalue weighted by atomic mass is 10.1. The number of nitrogens with one attached hydrogen (secondary N) is 2. The fraction of sp³-hybridized carbons (Fsp3) is 0.143. The van der Waals surface area contributed by atoms with Crippen LogP contribution in [0.4, 0.5) is 4.39 Å². The molecule has 2 aromatic heterocycles. The molecule has 5 nitrogen and oxygen atoms in total. The van der Waals surface area contributed by atoms with Crippen LogP contribution in [0.15, 0.2) is 65.3 Å². The van der Waals surface area contributed by atoms with Gasteiger partial charge in [-0.1, -0.05) is 35.5 Å². The number of hydrogen-bond acceptors (Lipinski definition) is 3. The molecule has 136 valence electrons. The van der Waals surface area contributed by atoms with Crippen LogP contribution in [-0.4, -0.2) is 22.6 Å². The van der Waals surface area contributed by atoms with Gasteiger partial charge in [0.25, 0.3) is 0 Å². The lowest BCUT2D eigenvalue weighted by molar-refractivity contribution is -0.120. The molecule has 0 saturated heterocycles. The molecule has 0 atom stereocenters. The smallest absolute Gasteiger partial charge is 0.226 e. The average molecular weight is 363 g/mol. The van der Waals surface area contributed by atoms with Gasteiger partial charge in [0.2, 0.25) is 5.91 Å². The highest BCUT2D eigenvalue weighted by Crippen LogP contribution is 2.23. The number of rotatable bonds is 6. The molecule has 4 rings (SSSR count). The van der Waals surface area contributed by atoms with Crippen molar-refractivity contribution in [1.82, 2.24) is 15.5 Å². The van der Waals surface area contributed by atoms with Gasteiger partial charge in [-0.3, -0.25) is 4.79 Å². The second-order valence-corrected chi connectivity index (χ2v) is 6.30. The van der Waals surface area contributed by atoms with E-state index in [9.17, 15) is 9.18 Å². The number of aromatic amines is 1. The highest BCUT2D eigenvalue weighted by molar-refractivity contribution is 5.83. The molecular weight excluding hydrogens is 345 g/mol. The monoisotopic (exact) mass is 363 g/mol. The second-order valence-electron chi connectivity index (χ2n) is 6.30. The van der Waals surface area contributed by atoms with Gasteiger partial charge in [-0.05, 0) is 30.2 Å². The molecule has 0 aliphatic rings. The van der Waals surface area contributed by atoms with Crippen molar-refractivity contribution in [2.24, 2.45) is 0 Å². The molecule has 0 unspecified atom stereocenters. The van der Waals surface area contributed by atoms with E-state index in [-0.39, 0.29) is 18.1 Å². The molecule has 4 aromatic rings. The van der Waals surface area contributed by atoms with Gasteiger partial charge < -0.3 is 14.8 Å². The Morgan fingerprint density at radius 3 is 2.85 bits per heavy atom. The topological polar surface area (TPSA) is 70.9 Å². The Morgan fingerprint density at radius 1 is 1.15 bits per heavy atom. The highest BCUT2D eigenvalue weighted by Gasteiger charge is 2.13. The summed E-state index contributed by atoms with van der Waals surface area (Å²) in [5, 5.41) is 7.92. The number of H-pyrrole nitrogens is 1. The molecule has 0 bridgehead atoms. The molecular formula is C21H18FN3O2.